The Hall–Kier alpha value is -2.48. The van der Waals surface area contributed by atoms with Gasteiger partial charge in [-0.3, -0.25) is 10.1 Å². The smallest absolute Gasteiger partial charge is 0.338 e. The molecule has 27 heavy (non-hydrogen) atoms. The number of ether oxygens (including phenoxy) is 3. The van der Waals surface area contributed by atoms with Crippen molar-refractivity contribution in [3.8, 4) is 11.5 Å². The van der Waals surface area contributed by atoms with Crippen molar-refractivity contribution >= 4 is 29.5 Å². The van der Waals surface area contributed by atoms with Gasteiger partial charge in [0, 0.05) is 6.04 Å². The highest BCUT2D eigenvalue weighted by Gasteiger charge is 2.18. The van der Waals surface area contributed by atoms with Crippen LogP contribution in [0.1, 0.15) is 44.0 Å². The topological polar surface area (TPSA) is 103 Å². The first-order chi connectivity index (χ1) is 12.8. The standard InChI is InChI=1S/C18H25ClN2O6/c1-5-7-26-16-13(19)8-12(9-14(16)25-4)17(23)27-10-15(22)21-18(24)20-11(3)6-2/h8-9,11H,5-7,10H2,1-4H3,(H2,20,21,22,24)/t11-/m1/s1. The van der Waals surface area contributed by atoms with E-state index in [1.165, 1.54) is 19.2 Å². The van der Waals surface area contributed by atoms with Crippen molar-refractivity contribution in [2.24, 2.45) is 0 Å². The first-order valence-electron chi connectivity index (χ1n) is 8.60. The Morgan fingerprint density at radius 2 is 1.93 bits per heavy atom. The minimum Gasteiger partial charge on any atom is -0.493 e. The number of urea groups is 1. The highest BCUT2D eigenvalue weighted by atomic mass is 35.5. The van der Waals surface area contributed by atoms with Crippen molar-refractivity contribution in [1.29, 1.82) is 0 Å². The molecule has 9 heteroatoms. The summed E-state index contributed by atoms with van der Waals surface area (Å²) in [6, 6.07) is 2.05. The van der Waals surface area contributed by atoms with Gasteiger partial charge in [0.05, 0.1) is 24.3 Å². The normalized spacial score (nSPS) is 11.3. The minimum atomic E-state index is -0.783. The van der Waals surface area contributed by atoms with Crippen LogP contribution in [0.25, 0.3) is 0 Å². The molecule has 0 fully saturated rings. The molecule has 8 nitrogen and oxygen atoms in total. The van der Waals surface area contributed by atoms with E-state index in [2.05, 4.69) is 10.6 Å². The average molecular weight is 401 g/mol. The van der Waals surface area contributed by atoms with Gasteiger partial charge in [-0.15, -0.1) is 0 Å². The van der Waals surface area contributed by atoms with E-state index in [9.17, 15) is 14.4 Å². The second-order valence-electron chi connectivity index (χ2n) is 5.74. The van der Waals surface area contributed by atoms with Crippen LogP contribution in [0, 0.1) is 0 Å². The molecule has 0 heterocycles. The zero-order valence-corrected chi connectivity index (χ0v) is 16.6. The highest BCUT2D eigenvalue weighted by molar-refractivity contribution is 6.32. The Morgan fingerprint density at radius 1 is 1.22 bits per heavy atom. The third-order valence-corrected chi connectivity index (χ3v) is 3.77. The maximum atomic E-state index is 12.1. The largest absolute Gasteiger partial charge is 0.493 e. The molecule has 0 aliphatic heterocycles. The van der Waals surface area contributed by atoms with Gasteiger partial charge < -0.3 is 19.5 Å². The van der Waals surface area contributed by atoms with E-state index in [1.54, 1.807) is 6.92 Å². The van der Waals surface area contributed by atoms with Crippen molar-refractivity contribution < 1.29 is 28.6 Å². The molecule has 0 bridgehead atoms. The molecule has 1 rings (SSSR count). The van der Waals surface area contributed by atoms with Gasteiger partial charge in [-0.2, -0.15) is 0 Å². The summed E-state index contributed by atoms with van der Waals surface area (Å²) in [5.74, 6) is -0.919. The minimum absolute atomic E-state index is 0.0802. The molecule has 150 valence electrons. The van der Waals surface area contributed by atoms with E-state index in [-0.39, 0.29) is 22.4 Å². The molecule has 2 N–H and O–H groups in total. The first-order valence-corrected chi connectivity index (χ1v) is 8.97. The molecule has 0 aliphatic rings. The summed E-state index contributed by atoms with van der Waals surface area (Å²) < 4.78 is 15.6. The molecule has 0 unspecified atom stereocenters. The number of amides is 3. The van der Waals surface area contributed by atoms with Crippen LogP contribution in [0.3, 0.4) is 0 Å². The number of imide groups is 1. The predicted octanol–water partition coefficient (Wildman–Crippen LogP) is 2.92. The van der Waals surface area contributed by atoms with Crippen LogP contribution in [-0.4, -0.2) is 44.3 Å². The number of halogens is 1. The molecular formula is C18H25ClN2O6. The van der Waals surface area contributed by atoms with E-state index >= 15 is 0 Å². The zero-order valence-electron chi connectivity index (χ0n) is 15.9. The lowest BCUT2D eigenvalue weighted by atomic mass is 10.2. The lowest BCUT2D eigenvalue weighted by Gasteiger charge is -2.14. The van der Waals surface area contributed by atoms with Crippen molar-refractivity contribution in [1.82, 2.24) is 10.6 Å². The zero-order chi connectivity index (χ0) is 20.4. The van der Waals surface area contributed by atoms with Crippen LogP contribution in [0.2, 0.25) is 5.02 Å². The van der Waals surface area contributed by atoms with Crippen LogP contribution in [0.5, 0.6) is 11.5 Å². The molecular weight excluding hydrogens is 376 g/mol. The Kier molecular flexibility index (Phi) is 9.42. The fourth-order valence-electron chi connectivity index (χ4n) is 1.92. The van der Waals surface area contributed by atoms with Gasteiger partial charge in [0.15, 0.2) is 18.1 Å². The van der Waals surface area contributed by atoms with Crippen molar-refractivity contribution in [2.45, 2.75) is 39.7 Å². The van der Waals surface area contributed by atoms with Gasteiger partial charge in [-0.25, -0.2) is 9.59 Å². The fraction of sp³-hybridized carbons (Fsp3) is 0.500. The van der Waals surface area contributed by atoms with Gasteiger partial charge in [0.1, 0.15) is 0 Å². The summed E-state index contributed by atoms with van der Waals surface area (Å²) in [6.07, 6.45) is 1.50. The van der Waals surface area contributed by atoms with Crippen molar-refractivity contribution in [3.05, 3.63) is 22.7 Å². The lowest BCUT2D eigenvalue weighted by Crippen LogP contribution is -2.44. The van der Waals surface area contributed by atoms with E-state index in [1.807, 2.05) is 13.8 Å². The van der Waals surface area contributed by atoms with Crippen molar-refractivity contribution in [3.63, 3.8) is 0 Å². The van der Waals surface area contributed by atoms with Gasteiger partial charge in [-0.1, -0.05) is 25.4 Å². The Balaban J connectivity index is 2.68. The summed E-state index contributed by atoms with van der Waals surface area (Å²) in [7, 11) is 1.42. The van der Waals surface area contributed by atoms with Crippen LogP contribution < -0.4 is 20.1 Å². The van der Waals surface area contributed by atoms with E-state index in [4.69, 9.17) is 25.8 Å². The summed E-state index contributed by atoms with van der Waals surface area (Å²) in [5, 5.41) is 4.83. The molecule has 1 atom stereocenters. The maximum absolute atomic E-state index is 12.1. The Morgan fingerprint density at radius 3 is 2.52 bits per heavy atom. The average Bonchev–Trinajstić information content (AvgIpc) is 2.64. The third-order valence-electron chi connectivity index (χ3n) is 3.49. The number of nitrogens with one attached hydrogen (secondary N) is 2. The molecule has 0 aliphatic carbocycles. The molecule has 0 saturated carbocycles. The number of carbonyl (C=O) groups is 3. The predicted molar refractivity (Wildman–Crippen MR) is 100 cm³/mol. The number of benzene rings is 1. The highest BCUT2D eigenvalue weighted by Crippen LogP contribution is 2.36. The van der Waals surface area contributed by atoms with Gasteiger partial charge in [-0.05, 0) is 31.9 Å². The summed E-state index contributed by atoms with van der Waals surface area (Å²) in [6.45, 7) is 5.47. The monoisotopic (exact) mass is 400 g/mol. The molecule has 0 saturated heterocycles. The number of esters is 1. The number of hydrogen-bond donors (Lipinski definition) is 2. The fourth-order valence-corrected chi connectivity index (χ4v) is 2.19. The Bertz CT molecular complexity index is 680. The van der Waals surface area contributed by atoms with Crippen LogP contribution in [0.15, 0.2) is 12.1 Å². The van der Waals surface area contributed by atoms with E-state index in [0.717, 1.165) is 12.8 Å². The van der Waals surface area contributed by atoms with Crippen LogP contribution >= 0.6 is 11.6 Å². The third kappa shape index (κ3) is 7.34. The Labute approximate surface area is 163 Å². The van der Waals surface area contributed by atoms with Crippen LogP contribution in [0.4, 0.5) is 4.79 Å². The maximum Gasteiger partial charge on any atom is 0.338 e. The molecule has 0 aromatic heterocycles. The van der Waals surface area contributed by atoms with Gasteiger partial charge in [0.25, 0.3) is 5.91 Å². The second-order valence-corrected chi connectivity index (χ2v) is 6.15. The summed E-state index contributed by atoms with van der Waals surface area (Å²) in [4.78, 5) is 35.4. The first kappa shape index (κ1) is 22.6. The molecule has 0 spiro atoms. The summed E-state index contributed by atoms with van der Waals surface area (Å²) in [5.41, 5.74) is 0.0950. The lowest BCUT2D eigenvalue weighted by molar-refractivity contribution is -0.123. The van der Waals surface area contributed by atoms with Gasteiger partial charge >= 0.3 is 12.0 Å². The number of rotatable bonds is 9. The quantitative estimate of drug-likeness (QED) is 0.618. The van der Waals surface area contributed by atoms with Gasteiger partial charge in [0.2, 0.25) is 0 Å². The molecule has 3 amide bonds. The molecule has 1 aromatic carbocycles. The van der Waals surface area contributed by atoms with Crippen LogP contribution in [-0.2, 0) is 9.53 Å². The number of carbonyl (C=O) groups excluding carboxylic acids is 3. The van der Waals surface area contributed by atoms with Crippen molar-refractivity contribution in [2.75, 3.05) is 20.3 Å². The van der Waals surface area contributed by atoms with E-state index in [0.29, 0.717) is 12.4 Å². The van der Waals surface area contributed by atoms with E-state index < -0.39 is 24.5 Å². The summed E-state index contributed by atoms with van der Waals surface area (Å²) >= 11 is 6.14. The molecule has 0 radical (unpaired) electrons. The second kappa shape index (κ2) is 11.3. The molecule has 1 aromatic rings. The number of methoxy groups -OCH3 is 1. The SMILES string of the molecule is CCCOc1c(Cl)cc(C(=O)OCC(=O)NC(=O)N[C@H](C)CC)cc1OC. The number of hydrogen-bond acceptors (Lipinski definition) is 6.